The van der Waals surface area contributed by atoms with Gasteiger partial charge in [0.15, 0.2) is 0 Å². The Bertz CT molecular complexity index is 1080. The van der Waals surface area contributed by atoms with E-state index in [1.807, 2.05) is 32.0 Å². The molecule has 0 radical (unpaired) electrons. The third-order valence-corrected chi connectivity index (χ3v) is 6.63. The topological polar surface area (TPSA) is 106 Å². The Morgan fingerprint density at radius 1 is 1.24 bits per heavy atom. The number of carbonyl (C=O) groups is 1. The second-order valence-electron chi connectivity index (χ2n) is 7.66. The van der Waals surface area contributed by atoms with E-state index in [1.165, 1.54) is 19.8 Å². The summed E-state index contributed by atoms with van der Waals surface area (Å²) in [5, 5.41) is 7.22. The number of sulfonamides is 1. The highest BCUT2D eigenvalue weighted by Crippen LogP contribution is 2.26. The summed E-state index contributed by atoms with van der Waals surface area (Å²) in [7, 11) is -1.58. The van der Waals surface area contributed by atoms with E-state index in [4.69, 9.17) is 0 Å². The van der Waals surface area contributed by atoms with Gasteiger partial charge in [-0.3, -0.25) is 9.36 Å². The fourth-order valence-electron chi connectivity index (χ4n) is 3.61. The van der Waals surface area contributed by atoms with Gasteiger partial charge in [0.2, 0.25) is 15.9 Å². The first-order chi connectivity index (χ1) is 13.6. The molecule has 3 rings (SSSR count). The van der Waals surface area contributed by atoms with Crippen LogP contribution in [0.1, 0.15) is 35.7 Å². The molecule has 1 saturated heterocycles. The van der Waals surface area contributed by atoms with E-state index >= 15 is 0 Å². The zero-order valence-corrected chi connectivity index (χ0v) is 18.0. The zero-order chi connectivity index (χ0) is 21.3. The van der Waals surface area contributed by atoms with Crippen LogP contribution in [0.3, 0.4) is 0 Å². The molecule has 9 nitrogen and oxygen atoms in total. The van der Waals surface area contributed by atoms with Gasteiger partial charge < -0.3 is 5.32 Å². The summed E-state index contributed by atoms with van der Waals surface area (Å²) in [6.07, 6.45) is 2.38. The molecule has 1 N–H and O–H groups in total. The molecule has 1 aliphatic heterocycles. The smallest absolute Gasteiger partial charge is 0.324 e. The summed E-state index contributed by atoms with van der Waals surface area (Å²) in [5.41, 5.74) is 2.33. The monoisotopic (exact) mass is 421 g/mol. The van der Waals surface area contributed by atoms with Crippen molar-refractivity contribution < 1.29 is 13.2 Å². The Balaban J connectivity index is 1.71. The number of hydrogen-bond donors (Lipinski definition) is 1. The summed E-state index contributed by atoms with van der Waals surface area (Å²) in [6.45, 7) is 4.47. The molecule has 1 fully saturated rings. The van der Waals surface area contributed by atoms with Gasteiger partial charge in [0.05, 0.1) is 6.26 Å². The fourth-order valence-corrected chi connectivity index (χ4v) is 4.48. The molecule has 29 heavy (non-hydrogen) atoms. The summed E-state index contributed by atoms with van der Waals surface area (Å²) in [4.78, 5) is 25.0. The molecule has 1 aliphatic rings. The van der Waals surface area contributed by atoms with Gasteiger partial charge in [-0.05, 0) is 43.9 Å². The van der Waals surface area contributed by atoms with E-state index < -0.39 is 10.0 Å². The predicted molar refractivity (Wildman–Crippen MR) is 110 cm³/mol. The number of anilines is 1. The Morgan fingerprint density at radius 3 is 2.52 bits per heavy atom. The van der Waals surface area contributed by atoms with Crippen molar-refractivity contribution in [2.75, 3.05) is 24.7 Å². The molecule has 0 aliphatic carbocycles. The lowest BCUT2D eigenvalue weighted by atomic mass is 9.97. The molecule has 158 valence electrons. The summed E-state index contributed by atoms with van der Waals surface area (Å²) in [6, 6.07) is 5.78. The van der Waals surface area contributed by atoms with Crippen LogP contribution in [0.25, 0.3) is 0 Å². The van der Waals surface area contributed by atoms with E-state index in [-0.39, 0.29) is 24.1 Å². The van der Waals surface area contributed by atoms with E-state index in [1.54, 1.807) is 7.05 Å². The molecule has 2 heterocycles. The lowest BCUT2D eigenvalue weighted by Gasteiger charge is -2.29. The van der Waals surface area contributed by atoms with Crippen LogP contribution in [0.5, 0.6) is 0 Å². The number of aryl methyl sites for hydroxylation is 2. The third kappa shape index (κ3) is 4.76. The first kappa shape index (κ1) is 21.3. The van der Waals surface area contributed by atoms with Gasteiger partial charge in [0, 0.05) is 31.7 Å². The predicted octanol–water partition coefficient (Wildman–Crippen LogP) is 0.976. The number of aromatic nitrogens is 3. The number of benzene rings is 1. The number of hydrogen-bond acceptors (Lipinski definition) is 5. The SMILES string of the molecule is Cc1ccc(C)c(NC(=O)Cn2nc(C3CCN(S(C)(=O)=O)CC3)n(C)c2=O)c1. The maximum Gasteiger partial charge on any atom is 0.346 e. The standard InChI is InChI=1S/C19H27N5O4S/c1-13-5-6-14(2)16(11-13)20-17(25)12-24-19(26)22(3)18(21-24)15-7-9-23(10-8-15)29(4,27)28/h5-6,11,15H,7-10,12H2,1-4H3,(H,20,25). The van der Waals surface area contributed by atoms with Crippen LogP contribution in [0.2, 0.25) is 0 Å². The third-order valence-electron chi connectivity index (χ3n) is 5.32. The van der Waals surface area contributed by atoms with Crippen LogP contribution >= 0.6 is 0 Å². The molecule has 10 heteroatoms. The van der Waals surface area contributed by atoms with Crippen LogP contribution < -0.4 is 11.0 Å². The molecule has 0 saturated carbocycles. The van der Waals surface area contributed by atoms with Gasteiger partial charge in [-0.2, -0.15) is 5.10 Å². The molecular weight excluding hydrogens is 394 g/mol. The summed E-state index contributed by atoms with van der Waals surface area (Å²) in [5.74, 6) is 0.245. The van der Waals surface area contributed by atoms with Crippen molar-refractivity contribution in [3.05, 3.63) is 45.6 Å². The fraction of sp³-hybridized carbons (Fsp3) is 0.526. The number of nitrogens with one attached hydrogen (secondary N) is 1. The Morgan fingerprint density at radius 2 is 1.90 bits per heavy atom. The number of nitrogens with zero attached hydrogens (tertiary/aromatic N) is 4. The van der Waals surface area contributed by atoms with E-state index in [2.05, 4.69) is 10.4 Å². The van der Waals surface area contributed by atoms with Crippen molar-refractivity contribution in [1.82, 2.24) is 18.7 Å². The number of amides is 1. The average Bonchev–Trinajstić information content (AvgIpc) is 2.92. The molecule has 0 spiro atoms. The maximum atomic E-state index is 12.5. The van der Waals surface area contributed by atoms with Crippen molar-refractivity contribution in [1.29, 1.82) is 0 Å². The minimum absolute atomic E-state index is 0.0194. The number of rotatable bonds is 5. The van der Waals surface area contributed by atoms with Crippen LogP contribution in [-0.2, 0) is 28.4 Å². The van der Waals surface area contributed by atoms with Gasteiger partial charge in [0.1, 0.15) is 12.4 Å². The maximum absolute atomic E-state index is 12.5. The van der Waals surface area contributed by atoms with Gasteiger partial charge in [-0.1, -0.05) is 12.1 Å². The highest BCUT2D eigenvalue weighted by Gasteiger charge is 2.29. The minimum atomic E-state index is -3.21. The molecule has 2 aromatic rings. The van der Waals surface area contributed by atoms with Crippen LogP contribution in [-0.4, -0.2) is 52.3 Å². The van der Waals surface area contributed by atoms with Crippen LogP contribution in [0, 0.1) is 13.8 Å². The van der Waals surface area contributed by atoms with Gasteiger partial charge in [0.25, 0.3) is 0 Å². The van der Waals surface area contributed by atoms with Crippen molar-refractivity contribution in [3.63, 3.8) is 0 Å². The first-order valence-corrected chi connectivity index (χ1v) is 11.4. The van der Waals surface area contributed by atoms with Crippen molar-refractivity contribution in [3.8, 4) is 0 Å². The Hall–Kier alpha value is -2.46. The largest absolute Gasteiger partial charge is 0.346 e. The lowest BCUT2D eigenvalue weighted by Crippen LogP contribution is -2.37. The molecule has 1 aromatic heterocycles. The quantitative estimate of drug-likeness (QED) is 0.774. The van der Waals surface area contributed by atoms with E-state index in [0.717, 1.165) is 11.1 Å². The van der Waals surface area contributed by atoms with Crippen molar-refractivity contribution >= 4 is 21.6 Å². The zero-order valence-electron chi connectivity index (χ0n) is 17.2. The second kappa shape index (κ2) is 8.11. The number of piperidine rings is 1. The van der Waals surface area contributed by atoms with Gasteiger partial charge >= 0.3 is 5.69 Å². The first-order valence-electron chi connectivity index (χ1n) is 9.52. The molecular formula is C19H27N5O4S. The van der Waals surface area contributed by atoms with Gasteiger partial charge in [-0.15, -0.1) is 0 Å². The Labute approximate surface area is 170 Å². The number of carbonyl (C=O) groups excluding carboxylic acids is 1. The molecule has 0 bridgehead atoms. The molecule has 1 aromatic carbocycles. The van der Waals surface area contributed by atoms with Crippen molar-refractivity contribution in [2.24, 2.45) is 7.05 Å². The highest BCUT2D eigenvalue weighted by molar-refractivity contribution is 7.88. The summed E-state index contributed by atoms with van der Waals surface area (Å²) >= 11 is 0. The van der Waals surface area contributed by atoms with E-state index in [0.29, 0.717) is 37.4 Å². The summed E-state index contributed by atoms with van der Waals surface area (Å²) < 4.78 is 27.4. The molecule has 1 amide bonds. The Kier molecular flexibility index (Phi) is 5.95. The normalized spacial score (nSPS) is 16.1. The molecule has 0 unspecified atom stereocenters. The second-order valence-corrected chi connectivity index (χ2v) is 9.64. The van der Waals surface area contributed by atoms with Crippen LogP contribution in [0.15, 0.2) is 23.0 Å². The van der Waals surface area contributed by atoms with E-state index in [9.17, 15) is 18.0 Å². The van der Waals surface area contributed by atoms with Crippen molar-refractivity contribution in [2.45, 2.75) is 39.2 Å². The van der Waals surface area contributed by atoms with Crippen LogP contribution in [0.4, 0.5) is 5.69 Å². The average molecular weight is 422 g/mol. The molecule has 0 atom stereocenters. The van der Waals surface area contributed by atoms with Gasteiger partial charge in [-0.25, -0.2) is 22.2 Å². The lowest BCUT2D eigenvalue weighted by molar-refractivity contribution is -0.117. The minimum Gasteiger partial charge on any atom is -0.324 e. The highest BCUT2D eigenvalue weighted by atomic mass is 32.2.